The van der Waals surface area contributed by atoms with Gasteiger partial charge >= 0.3 is 0 Å². The number of nitrogens with one attached hydrogen (secondary N) is 1. The van der Waals surface area contributed by atoms with Gasteiger partial charge in [-0.1, -0.05) is 33.8 Å². The molecule has 2 N–H and O–H groups in total. The summed E-state index contributed by atoms with van der Waals surface area (Å²) >= 11 is 0. The summed E-state index contributed by atoms with van der Waals surface area (Å²) in [5.74, 6) is -1.03. The zero-order chi connectivity index (χ0) is 14.6. The van der Waals surface area contributed by atoms with Crippen molar-refractivity contribution < 1.29 is 13.9 Å². The van der Waals surface area contributed by atoms with Crippen molar-refractivity contribution in [1.82, 2.24) is 5.32 Å². The van der Waals surface area contributed by atoms with Crippen molar-refractivity contribution >= 4 is 0 Å². The van der Waals surface area contributed by atoms with Crippen LogP contribution in [0.4, 0.5) is 8.78 Å². The van der Waals surface area contributed by atoms with Gasteiger partial charge in [0.15, 0.2) is 0 Å². The Bertz CT molecular complexity index is 395. The maximum absolute atomic E-state index is 13.4. The van der Waals surface area contributed by atoms with Crippen LogP contribution >= 0.6 is 0 Å². The summed E-state index contributed by atoms with van der Waals surface area (Å²) in [6.45, 7) is 9.32. The second-order valence-corrected chi connectivity index (χ2v) is 6.08. The van der Waals surface area contributed by atoms with Crippen molar-refractivity contribution in [2.24, 2.45) is 11.3 Å². The van der Waals surface area contributed by atoms with Gasteiger partial charge in [-0.05, 0) is 30.0 Å². The molecule has 1 aromatic carbocycles. The zero-order valence-corrected chi connectivity index (χ0v) is 12.0. The molecule has 0 bridgehead atoms. The molecule has 19 heavy (non-hydrogen) atoms. The van der Waals surface area contributed by atoms with Crippen LogP contribution < -0.4 is 5.32 Å². The van der Waals surface area contributed by atoms with Crippen LogP contribution in [0.1, 0.15) is 39.4 Å². The molecule has 0 amide bonds. The third-order valence-corrected chi connectivity index (χ3v) is 3.60. The van der Waals surface area contributed by atoms with Gasteiger partial charge in [0.2, 0.25) is 0 Å². The summed E-state index contributed by atoms with van der Waals surface area (Å²) in [6, 6.07) is 3.59. The van der Waals surface area contributed by atoms with Crippen molar-refractivity contribution in [3.8, 4) is 0 Å². The summed E-state index contributed by atoms with van der Waals surface area (Å²) < 4.78 is 26.9. The van der Waals surface area contributed by atoms with E-state index in [1.54, 1.807) is 0 Å². The molecule has 0 aliphatic heterocycles. The Labute approximate surface area is 113 Å². The van der Waals surface area contributed by atoms with E-state index in [1.807, 2.05) is 0 Å². The molecule has 0 heterocycles. The Morgan fingerprint density at radius 3 is 2.16 bits per heavy atom. The minimum absolute atomic E-state index is 0.137. The monoisotopic (exact) mass is 271 g/mol. The molecule has 108 valence electrons. The van der Waals surface area contributed by atoms with Gasteiger partial charge < -0.3 is 10.4 Å². The predicted molar refractivity (Wildman–Crippen MR) is 72.8 cm³/mol. The maximum Gasteiger partial charge on any atom is 0.131 e. The molecule has 0 aliphatic rings. The van der Waals surface area contributed by atoms with E-state index in [1.165, 1.54) is 6.07 Å². The number of halogens is 2. The van der Waals surface area contributed by atoms with Crippen molar-refractivity contribution in [3.63, 3.8) is 0 Å². The second kappa shape index (κ2) is 6.44. The predicted octanol–water partition coefficient (Wildman–Crippen LogP) is 3.27. The topological polar surface area (TPSA) is 32.3 Å². The van der Waals surface area contributed by atoms with Gasteiger partial charge in [0.1, 0.15) is 11.6 Å². The number of hydrogen-bond donors (Lipinski definition) is 2. The lowest BCUT2D eigenvalue weighted by atomic mass is 9.82. The van der Waals surface area contributed by atoms with E-state index in [0.29, 0.717) is 12.5 Å². The normalized spacial score (nSPS) is 15.3. The first-order valence-corrected chi connectivity index (χ1v) is 6.56. The molecule has 1 aromatic rings. The zero-order valence-electron chi connectivity index (χ0n) is 12.0. The lowest BCUT2D eigenvalue weighted by molar-refractivity contribution is 0.157. The van der Waals surface area contributed by atoms with Crippen LogP contribution in [-0.2, 0) is 0 Å². The molecule has 0 fully saturated rings. The van der Waals surface area contributed by atoms with Crippen LogP contribution in [0.15, 0.2) is 18.2 Å². The first-order valence-electron chi connectivity index (χ1n) is 6.56. The Morgan fingerprint density at radius 1 is 1.16 bits per heavy atom. The molecule has 0 spiro atoms. The average molecular weight is 271 g/mol. The fourth-order valence-corrected chi connectivity index (χ4v) is 1.67. The molecular formula is C15H23F2NO. The van der Waals surface area contributed by atoms with Gasteiger partial charge in [-0.25, -0.2) is 8.78 Å². The number of aliphatic hydroxyl groups excluding tert-OH is 1. The first kappa shape index (κ1) is 16.1. The van der Waals surface area contributed by atoms with E-state index < -0.39 is 17.7 Å². The molecule has 2 nitrogen and oxygen atoms in total. The van der Waals surface area contributed by atoms with Crippen molar-refractivity contribution in [3.05, 3.63) is 35.4 Å². The molecule has 2 atom stereocenters. The Hall–Kier alpha value is -1.00. The van der Waals surface area contributed by atoms with Crippen molar-refractivity contribution in [2.75, 3.05) is 13.1 Å². The Morgan fingerprint density at radius 2 is 1.68 bits per heavy atom. The third-order valence-electron chi connectivity index (χ3n) is 3.60. The summed E-state index contributed by atoms with van der Waals surface area (Å²) in [4.78, 5) is 0. The number of hydrogen-bond acceptors (Lipinski definition) is 2. The summed E-state index contributed by atoms with van der Waals surface area (Å²) in [7, 11) is 0. The standard InChI is InChI=1S/C15H23F2NO/c1-10(15(2,3)4)8-18-9-13(19)14-11(16)6-5-7-12(14)17/h5-7,10,13,18-19H,8-9H2,1-4H3. The molecule has 4 heteroatoms. The minimum Gasteiger partial charge on any atom is -0.387 e. The fourth-order valence-electron chi connectivity index (χ4n) is 1.67. The molecule has 0 aliphatic carbocycles. The minimum atomic E-state index is -1.17. The quantitative estimate of drug-likeness (QED) is 0.861. The number of aliphatic hydroxyl groups is 1. The SMILES string of the molecule is CC(CNCC(O)c1c(F)cccc1F)C(C)(C)C. The summed E-state index contributed by atoms with van der Waals surface area (Å²) in [6.07, 6.45) is -1.17. The molecule has 2 unspecified atom stereocenters. The highest BCUT2D eigenvalue weighted by Crippen LogP contribution is 2.25. The largest absolute Gasteiger partial charge is 0.387 e. The second-order valence-electron chi connectivity index (χ2n) is 6.08. The van der Waals surface area contributed by atoms with Crippen LogP contribution in [-0.4, -0.2) is 18.2 Å². The summed E-state index contributed by atoms with van der Waals surface area (Å²) in [5, 5.41) is 12.9. The van der Waals surface area contributed by atoms with Crippen molar-refractivity contribution in [2.45, 2.75) is 33.8 Å². The Kier molecular flexibility index (Phi) is 5.44. The smallest absolute Gasteiger partial charge is 0.131 e. The third kappa shape index (κ3) is 4.55. The van der Waals surface area contributed by atoms with Crippen LogP contribution in [0.3, 0.4) is 0 Å². The lowest BCUT2D eigenvalue weighted by Crippen LogP contribution is -2.32. The van der Waals surface area contributed by atoms with E-state index in [4.69, 9.17) is 0 Å². The van der Waals surface area contributed by atoms with Gasteiger partial charge in [0, 0.05) is 6.54 Å². The molecule has 0 radical (unpaired) electrons. The van der Waals surface area contributed by atoms with E-state index in [0.717, 1.165) is 12.1 Å². The van der Waals surface area contributed by atoms with E-state index in [2.05, 4.69) is 33.0 Å². The molecule has 0 saturated carbocycles. The van der Waals surface area contributed by atoms with Gasteiger partial charge in [0.05, 0.1) is 11.7 Å². The molecule has 0 saturated heterocycles. The van der Waals surface area contributed by atoms with E-state index in [9.17, 15) is 13.9 Å². The van der Waals surface area contributed by atoms with Gasteiger partial charge in [0.25, 0.3) is 0 Å². The number of rotatable bonds is 5. The number of benzene rings is 1. The highest BCUT2D eigenvalue weighted by atomic mass is 19.1. The average Bonchev–Trinajstić information content (AvgIpc) is 2.27. The molecular weight excluding hydrogens is 248 g/mol. The van der Waals surface area contributed by atoms with Crippen molar-refractivity contribution in [1.29, 1.82) is 0 Å². The van der Waals surface area contributed by atoms with Crippen LogP contribution in [0.25, 0.3) is 0 Å². The first-order chi connectivity index (χ1) is 8.73. The maximum atomic E-state index is 13.4. The van der Waals surface area contributed by atoms with Crippen LogP contribution in [0.5, 0.6) is 0 Å². The summed E-state index contributed by atoms with van der Waals surface area (Å²) in [5.41, 5.74) is -0.111. The van der Waals surface area contributed by atoms with E-state index in [-0.39, 0.29) is 17.5 Å². The highest BCUT2D eigenvalue weighted by molar-refractivity contribution is 5.22. The molecule has 1 rings (SSSR count). The van der Waals surface area contributed by atoms with Crippen LogP contribution in [0, 0.1) is 23.0 Å². The van der Waals surface area contributed by atoms with Gasteiger partial charge in [-0.2, -0.15) is 0 Å². The Balaban J connectivity index is 2.55. The van der Waals surface area contributed by atoms with E-state index >= 15 is 0 Å². The van der Waals surface area contributed by atoms with Gasteiger partial charge in [-0.3, -0.25) is 0 Å². The molecule has 0 aromatic heterocycles. The van der Waals surface area contributed by atoms with Crippen LogP contribution in [0.2, 0.25) is 0 Å². The van der Waals surface area contributed by atoms with Gasteiger partial charge in [-0.15, -0.1) is 0 Å². The highest BCUT2D eigenvalue weighted by Gasteiger charge is 2.21. The fraction of sp³-hybridized carbons (Fsp3) is 0.600. The lowest BCUT2D eigenvalue weighted by Gasteiger charge is -2.28.